The Bertz CT molecular complexity index is 436. The molecule has 3 nitrogen and oxygen atoms in total. The molecule has 0 saturated carbocycles. The van der Waals surface area contributed by atoms with Crippen LogP contribution in [-0.4, -0.2) is 23.2 Å². The lowest BCUT2D eigenvalue weighted by atomic mass is 9.92. The third-order valence-corrected chi connectivity index (χ3v) is 3.48. The molecule has 3 heteroatoms. The summed E-state index contributed by atoms with van der Waals surface area (Å²) in [6.07, 6.45) is 0. The molecule has 0 radical (unpaired) electrons. The number of hydrogen-bond donors (Lipinski definition) is 2. The molecule has 1 aromatic carbocycles. The van der Waals surface area contributed by atoms with E-state index in [9.17, 15) is 9.90 Å². The van der Waals surface area contributed by atoms with Crippen molar-refractivity contribution in [2.75, 3.05) is 6.54 Å². The molecule has 1 rings (SSSR count). The minimum atomic E-state index is -0.881. The molecule has 0 aliphatic carbocycles. The van der Waals surface area contributed by atoms with Gasteiger partial charge in [0.05, 0.1) is 5.60 Å². The Morgan fingerprint density at radius 3 is 2.50 bits per heavy atom. The van der Waals surface area contributed by atoms with Crippen LogP contribution in [0.2, 0.25) is 0 Å². The van der Waals surface area contributed by atoms with Gasteiger partial charge in [-0.1, -0.05) is 31.5 Å². The largest absolute Gasteiger partial charge is 0.388 e. The number of nitrogens with one attached hydrogen (secondary N) is 1. The van der Waals surface area contributed by atoms with Crippen molar-refractivity contribution in [3.63, 3.8) is 0 Å². The maximum atomic E-state index is 12.0. The Morgan fingerprint density at radius 1 is 1.39 bits per heavy atom. The van der Waals surface area contributed by atoms with E-state index in [1.165, 1.54) is 0 Å². The normalized spacial score (nSPS) is 14.4. The Kier molecular flexibility index (Phi) is 4.52. The van der Waals surface area contributed by atoms with Crippen LogP contribution in [0.15, 0.2) is 18.2 Å². The van der Waals surface area contributed by atoms with Crippen LogP contribution in [0.3, 0.4) is 0 Å². The molecule has 18 heavy (non-hydrogen) atoms. The Hall–Kier alpha value is -1.35. The monoisotopic (exact) mass is 249 g/mol. The Morgan fingerprint density at radius 2 is 2.00 bits per heavy atom. The maximum Gasteiger partial charge on any atom is 0.251 e. The van der Waals surface area contributed by atoms with Gasteiger partial charge in [0, 0.05) is 12.1 Å². The van der Waals surface area contributed by atoms with Gasteiger partial charge < -0.3 is 10.4 Å². The molecule has 0 saturated heterocycles. The number of rotatable bonds is 4. The van der Waals surface area contributed by atoms with Crippen LogP contribution >= 0.6 is 0 Å². The predicted octanol–water partition coefficient (Wildman–Crippen LogP) is 2.44. The van der Waals surface area contributed by atoms with E-state index >= 15 is 0 Å². The minimum absolute atomic E-state index is 0.0944. The smallest absolute Gasteiger partial charge is 0.251 e. The van der Waals surface area contributed by atoms with Crippen LogP contribution in [0.1, 0.15) is 42.3 Å². The highest BCUT2D eigenvalue weighted by molar-refractivity contribution is 5.95. The number of carbonyl (C=O) groups is 1. The van der Waals surface area contributed by atoms with E-state index in [1.54, 1.807) is 6.92 Å². The lowest BCUT2D eigenvalue weighted by molar-refractivity contribution is 0.0142. The first-order chi connectivity index (χ1) is 8.24. The molecule has 1 amide bonds. The maximum absolute atomic E-state index is 12.0. The standard InChI is InChI=1S/C15H23NO2/c1-10(2)15(5,18)9-16-14(17)13-7-6-11(3)8-12(13)4/h6-8,10,18H,9H2,1-5H3,(H,16,17). The molecule has 2 N–H and O–H groups in total. The summed E-state index contributed by atoms with van der Waals surface area (Å²) >= 11 is 0. The number of aryl methyl sites for hydroxylation is 2. The highest BCUT2D eigenvalue weighted by atomic mass is 16.3. The van der Waals surface area contributed by atoms with Gasteiger partial charge in [-0.2, -0.15) is 0 Å². The Balaban J connectivity index is 2.72. The van der Waals surface area contributed by atoms with E-state index in [0.29, 0.717) is 5.56 Å². The lowest BCUT2D eigenvalue weighted by Gasteiger charge is -2.27. The van der Waals surface area contributed by atoms with E-state index in [0.717, 1.165) is 11.1 Å². The first kappa shape index (κ1) is 14.7. The van der Waals surface area contributed by atoms with E-state index in [4.69, 9.17) is 0 Å². The zero-order valence-electron chi connectivity index (χ0n) is 11.9. The van der Waals surface area contributed by atoms with Gasteiger partial charge in [0.1, 0.15) is 0 Å². The third-order valence-electron chi connectivity index (χ3n) is 3.48. The zero-order valence-corrected chi connectivity index (χ0v) is 11.9. The lowest BCUT2D eigenvalue weighted by Crippen LogP contribution is -2.44. The van der Waals surface area contributed by atoms with Crippen LogP contribution in [0.25, 0.3) is 0 Å². The average molecular weight is 249 g/mol. The molecule has 0 aliphatic heterocycles. The van der Waals surface area contributed by atoms with Gasteiger partial charge in [0.15, 0.2) is 0 Å². The second-order valence-electron chi connectivity index (χ2n) is 5.51. The van der Waals surface area contributed by atoms with E-state index in [-0.39, 0.29) is 18.4 Å². The number of aliphatic hydroxyl groups is 1. The number of amides is 1. The minimum Gasteiger partial charge on any atom is -0.388 e. The molecule has 1 unspecified atom stereocenters. The third kappa shape index (κ3) is 3.57. The zero-order chi connectivity index (χ0) is 13.9. The van der Waals surface area contributed by atoms with Crippen molar-refractivity contribution in [2.24, 2.45) is 5.92 Å². The summed E-state index contributed by atoms with van der Waals surface area (Å²) in [6.45, 7) is 9.78. The fraction of sp³-hybridized carbons (Fsp3) is 0.533. The molecular weight excluding hydrogens is 226 g/mol. The van der Waals surface area contributed by atoms with Crippen LogP contribution in [0.4, 0.5) is 0 Å². The van der Waals surface area contributed by atoms with E-state index in [2.05, 4.69) is 5.32 Å². The first-order valence-corrected chi connectivity index (χ1v) is 6.32. The molecule has 100 valence electrons. The molecule has 0 heterocycles. The molecule has 0 aromatic heterocycles. The van der Waals surface area contributed by atoms with Crippen molar-refractivity contribution in [3.8, 4) is 0 Å². The average Bonchev–Trinajstić information content (AvgIpc) is 2.25. The Labute approximate surface area is 109 Å². The summed E-state index contributed by atoms with van der Waals surface area (Å²) in [7, 11) is 0. The predicted molar refractivity (Wildman–Crippen MR) is 73.7 cm³/mol. The summed E-state index contributed by atoms with van der Waals surface area (Å²) in [5.41, 5.74) is 1.88. The summed E-state index contributed by atoms with van der Waals surface area (Å²) in [4.78, 5) is 12.0. The number of hydrogen-bond acceptors (Lipinski definition) is 2. The van der Waals surface area contributed by atoms with Crippen molar-refractivity contribution in [2.45, 2.75) is 40.2 Å². The topological polar surface area (TPSA) is 49.3 Å². The molecular formula is C15H23NO2. The first-order valence-electron chi connectivity index (χ1n) is 6.32. The van der Waals surface area contributed by atoms with Crippen molar-refractivity contribution < 1.29 is 9.90 Å². The van der Waals surface area contributed by atoms with Gasteiger partial charge in [-0.05, 0) is 38.3 Å². The summed E-state index contributed by atoms with van der Waals surface area (Å²) in [5, 5.41) is 12.9. The summed E-state index contributed by atoms with van der Waals surface area (Å²) < 4.78 is 0. The summed E-state index contributed by atoms with van der Waals surface area (Å²) in [6, 6.07) is 5.72. The van der Waals surface area contributed by atoms with Gasteiger partial charge in [0.25, 0.3) is 5.91 Å². The van der Waals surface area contributed by atoms with Crippen molar-refractivity contribution in [3.05, 3.63) is 34.9 Å². The van der Waals surface area contributed by atoms with Gasteiger partial charge in [0.2, 0.25) is 0 Å². The van der Waals surface area contributed by atoms with Gasteiger partial charge >= 0.3 is 0 Å². The molecule has 0 spiro atoms. The van der Waals surface area contributed by atoms with Gasteiger partial charge in [-0.25, -0.2) is 0 Å². The van der Waals surface area contributed by atoms with E-state index < -0.39 is 5.60 Å². The highest BCUT2D eigenvalue weighted by Crippen LogP contribution is 2.15. The van der Waals surface area contributed by atoms with Gasteiger partial charge in [-0.3, -0.25) is 4.79 Å². The fourth-order valence-corrected chi connectivity index (χ4v) is 1.63. The summed E-state index contributed by atoms with van der Waals surface area (Å²) in [5.74, 6) is -0.0367. The second kappa shape index (κ2) is 5.53. The van der Waals surface area contributed by atoms with Crippen molar-refractivity contribution >= 4 is 5.91 Å². The molecule has 0 fully saturated rings. The molecule has 0 bridgehead atoms. The fourth-order valence-electron chi connectivity index (χ4n) is 1.63. The second-order valence-corrected chi connectivity index (χ2v) is 5.51. The van der Waals surface area contributed by atoms with Crippen LogP contribution in [0.5, 0.6) is 0 Å². The molecule has 0 aliphatic rings. The molecule has 1 aromatic rings. The van der Waals surface area contributed by atoms with Crippen molar-refractivity contribution in [1.29, 1.82) is 0 Å². The number of carbonyl (C=O) groups excluding carboxylic acids is 1. The van der Waals surface area contributed by atoms with Gasteiger partial charge in [-0.15, -0.1) is 0 Å². The van der Waals surface area contributed by atoms with E-state index in [1.807, 2.05) is 45.9 Å². The molecule has 1 atom stereocenters. The van der Waals surface area contributed by atoms with Crippen LogP contribution in [-0.2, 0) is 0 Å². The SMILES string of the molecule is Cc1ccc(C(=O)NCC(C)(O)C(C)C)c(C)c1. The van der Waals surface area contributed by atoms with Crippen LogP contribution < -0.4 is 5.32 Å². The highest BCUT2D eigenvalue weighted by Gasteiger charge is 2.25. The van der Waals surface area contributed by atoms with Crippen molar-refractivity contribution in [1.82, 2.24) is 5.32 Å². The quantitative estimate of drug-likeness (QED) is 0.861. The number of benzene rings is 1. The van der Waals surface area contributed by atoms with Crippen LogP contribution in [0, 0.1) is 19.8 Å².